The lowest BCUT2D eigenvalue weighted by Crippen LogP contribution is -2.54. The highest BCUT2D eigenvalue weighted by Gasteiger charge is 2.57. The molecule has 0 spiro atoms. The fourth-order valence-electron chi connectivity index (χ4n) is 8.17. The fourth-order valence-corrected chi connectivity index (χ4v) is 9.19. The molecule has 0 radical (unpaired) electrons. The van der Waals surface area contributed by atoms with E-state index in [2.05, 4.69) is 43.0 Å². The number of benzene rings is 2. The van der Waals surface area contributed by atoms with Gasteiger partial charge in [-0.2, -0.15) is 0 Å². The Kier molecular flexibility index (Phi) is 8.86. The molecular formula is C37H46N2O4S. The first-order valence-corrected chi connectivity index (χ1v) is 17.1. The van der Waals surface area contributed by atoms with Crippen molar-refractivity contribution in [2.45, 2.75) is 89.3 Å². The van der Waals surface area contributed by atoms with E-state index >= 15 is 0 Å². The monoisotopic (exact) mass is 614 g/mol. The molecule has 0 unspecified atom stereocenters. The second kappa shape index (κ2) is 12.5. The number of amides is 1. The number of ketones is 1. The highest BCUT2D eigenvalue weighted by Crippen LogP contribution is 2.59. The predicted molar refractivity (Wildman–Crippen MR) is 177 cm³/mol. The van der Waals surface area contributed by atoms with Crippen LogP contribution in [-0.4, -0.2) is 58.1 Å². The van der Waals surface area contributed by atoms with E-state index in [1.807, 2.05) is 30.3 Å². The highest BCUT2D eigenvalue weighted by atomic mass is 32.1. The smallest absolute Gasteiger partial charge is 0.220 e. The Morgan fingerprint density at radius 3 is 2.57 bits per heavy atom. The lowest BCUT2D eigenvalue weighted by molar-refractivity contribution is -0.124. The van der Waals surface area contributed by atoms with Crippen molar-refractivity contribution in [1.82, 2.24) is 4.90 Å². The normalized spacial score (nSPS) is 28.9. The average molecular weight is 615 g/mol. The van der Waals surface area contributed by atoms with Gasteiger partial charge in [-0.05, 0) is 118 Å². The van der Waals surface area contributed by atoms with Gasteiger partial charge in [-0.15, -0.1) is 11.3 Å². The van der Waals surface area contributed by atoms with Crippen LogP contribution in [0.1, 0.15) is 97.5 Å². The maximum atomic E-state index is 14.4. The Hall–Kier alpha value is -2.84. The summed E-state index contributed by atoms with van der Waals surface area (Å²) in [6.07, 6.45) is 8.36. The minimum absolute atomic E-state index is 0.000364. The largest absolute Gasteiger partial charge is 0.393 e. The van der Waals surface area contributed by atoms with Crippen molar-refractivity contribution in [2.24, 2.45) is 17.1 Å². The average Bonchev–Trinajstić information content (AvgIpc) is 3.54. The summed E-state index contributed by atoms with van der Waals surface area (Å²) in [6.45, 7) is 6.43. The molecule has 234 valence electrons. The molecule has 44 heavy (non-hydrogen) atoms. The number of hydrogen-bond acceptors (Lipinski definition) is 6. The first-order valence-electron chi connectivity index (χ1n) is 16.3. The first-order chi connectivity index (χ1) is 21.1. The van der Waals surface area contributed by atoms with Crippen molar-refractivity contribution in [3.63, 3.8) is 0 Å². The van der Waals surface area contributed by atoms with E-state index in [-0.39, 0.29) is 23.5 Å². The maximum Gasteiger partial charge on any atom is 0.220 e. The number of allylic oxidation sites excluding steroid dienone is 2. The summed E-state index contributed by atoms with van der Waals surface area (Å²) in [5.74, 6) is -0.294. The summed E-state index contributed by atoms with van der Waals surface area (Å²) in [4.78, 5) is 29.2. The molecule has 1 aromatic heterocycles. The van der Waals surface area contributed by atoms with Gasteiger partial charge in [0.05, 0.1) is 16.6 Å². The molecule has 1 saturated carbocycles. The van der Waals surface area contributed by atoms with Gasteiger partial charge in [-0.1, -0.05) is 48.9 Å². The zero-order chi connectivity index (χ0) is 31.1. The minimum Gasteiger partial charge on any atom is -0.393 e. The number of nitrogens with zero attached hydrogens (tertiary/aromatic N) is 1. The maximum absolute atomic E-state index is 14.4. The van der Waals surface area contributed by atoms with Crippen LogP contribution < -0.4 is 5.73 Å². The van der Waals surface area contributed by atoms with Gasteiger partial charge in [-0.25, -0.2) is 0 Å². The van der Waals surface area contributed by atoms with Crippen LogP contribution in [0.3, 0.4) is 0 Å². The number of β-amino-alcohol motifs (C(OH)–C–C–N with tert-alkyl or cyclic N) is 1. The number of aliphatic hydroxyl groups excluding tert-OH is 1. The summed E-state index contributed by atoms with van der Waals surface area (Å²) in [6, 6.07) is 16.3. The molecule has 3 aromatic rings. The Labute approximate surface area is 265 Å². The van der Waals surface area contributed by atoms with Crippen LogP contribution in [0.15, 0.2) is 60.2 Å². The molecule has 2 heterocycles. The van der Waals surface area contributed by atoms with Crippen molar-refractivity contribution in [1.29, 1.82) is 0 Å². The van der Waals surface area contributed by atoms with Crippen LogP contribution in [0.25, 0.3) is 10.1 Å². The molecule has 4 N–H and O–H groups in total. The molecule has 1 saturated heterocycles. The Balaban J connectivity index is 1.40. The number of piperidine rings is 1. The summed E-state index contributed by atoms with van der Waals surface area (Å²) in [7, 11) is 0. The molecule has 6 nitrogen and oxygen atoms in total. The van der Waals surface area contributed by atoms with E-state index in [1.165, 1.54) is 16.9 Å². The number of fused-ring (bicyclic) bond motifs is 9. The van der Waals surface area contributed by atoms with E-state index in [9.17, 15) is 19.8 Å². The Bertz CT molecular complexity index is 1540. The number of primary amides is 1. The van der Waals surface area contributed by atoms with Crippen LogP contribution in [0, 0.1) is 11.3 Å². The number of aliphatic hydroxyl groups is 2. The fraction of sp³-hybridized carbons (Fsp3) is 0.514. The lowest BCUT2D eigenvalue weighted by Gasteiger charge is -2.47. The molecule has 7 rings (SSSR count). The summed E-state index contributed by atoms with van der Waals surface area (Å²) < 4.78 is 1.09. The van der Waals surface area contributed by atoms with Gasteiger partial charge in [0.25, 0.3) is 0 Å². The van der Waals surface area contributed by atoms with Crippen LogP contribution >= 0.6 is 11.3 Å². The molecular weight excluding hydrogens is 568 g/mol. The molecule has 1 aliphatic heterocycles. The van der Waals surface area contributed by atoms with Crippen LogP contribution in [0.2, 0.25) is 0 Å². The van der Waals surface area contributed by atoms with Crippen LogP contribution in [0.5, 0.6) is 0 Å². The molecule has 3 aliphatic carbocycles. The van der Waals surface area contributed by atoms with Crippen molar-refractivity contribution in [3.8, 4) is 0 Å². The van der Waals surface area contributed by atoms with E-state index in [0.717, 1.165) is 77.7 Å². The van der Waals surface area contributed by atoms with Gasteiger partial charge in [0, 0.05) is 28.1 Å². The summed E-state index contributed by atoms with van der Waals surface area (Å²) in [5.41, 5.74) is 8.14. The molecule has 7 heteroatoms. The number of carbonyl (C=O) groups is 2. The van der Waals surface area contributed by atoms with Crippen molar-refractivity contribution in [3.05, 3.63) is 81.7 Å². The number of carbonyl (C=O) groups excluding carboxylic acids is 2. The van der Waals surface area contributed by atoms with E-state index < -0.39 is 17.1 Å². The van der Waals surface area contributed by atoms with Crippen molar-refractivity contribution in [2.75, 3.05) is 19.6 Å². The number of thiophene rings is 1. The van der Waals surface area contributed by atoms with Crippen LogP contribution in [0.4, 0.5) is 0 Å². The third-order valence-corrected chi connectivity index (χ3v) is 12.2. The predicted octanol–water partition coefficient (Wildman–Crippen LogP) is 6.37. The molecule has 4 atom stereocenters. The second-order valence-corrected chi connectivity index (χ2v) is 15.0. The molecule has 2 fully saturated rings. The van der Waals surface area contributed by atoms with Gasteiger partial charge in [-0.3, -0.25) is 9.59 Å². The standard InChI is InChI=1S/C37H46N2O4S/c1-24-6-5-16-36(2)31(13-17-37(36,43)23-39-18-14-26(15-19-39)35(38)42)29-12-10-25(20-28(40)11-9-24)21-30(29)34(41)33-22-27-7-3-4-8-32(27)44-33/h3-4,6-8,10,12,21-22,26,28,31,40,43H,5,9,11,13-20,23H2,1-2H3,(H2,38,42)/t28-,31-,36-,37+/m0/s1. The Morgan fingerprint density at radius 1 is 1.05 bits per heavy atom. The van der Waals surface area contributed by atoms with Gasteiger partial charge in [0.1, 0.15) is 0 Å². The number of rotatable bonds is 5. The van der Waals surface area contributed by atoms with Gasteiger partial charge in [0.15, 0.2) is 0 Å². The SMILES string of the molecule is CC1=CCC[C@@]2(C)[C@@H](CC[C@@]2(O)CN2CCC(C(N)=O)CC2)c2ccc(cc2C(=O)c2cc3ccccc3s2)C[C@@H](O)CC1. The van der Waals surface area contributed by atoms with Crippen molar-refractivity contribution >= 4 is 33.1 Å². The quantitative estimate of drug-likeness (QED) is 0.229. The number of likely N-dealkylation sites (tertiary alicyclic amines) is 1. The van der Waals surface area contributed by atoms with E-state index in [0.29, 0.717) is 31.4 Å². The number of hydrogen-bond donors (Lipinski definition) is 3. The highest BCUT2D eigenvalue weighted by molar-refractivity contribution is 7.21. The van der Waals surface area contributed by atoms with Gasteiger partial charge < -0.3 is 20.8 Å². The van der Waals surface area contributed by atoms with Gasteiger partial charge in [0.2, 0.25) is 11.7 Å². The van der Waals surface area contributed by atoms with Crippen LogP contribution in [-0.2, 0) is 11.2 Å². The zero-order valence-electron chi connectivity index (χ0n) is 26.1. The van der Waals surface area contributed by atoms with Crippen molar-refractivity contribution < 1.29 is 19.8 Å². The van der Waals surface area contributed by atoms with E-state index in [4.69, 9.17) is 5.73 Å². The molecule has 4 aliphatic rings. The topological polar surface area (TPSA) is 104 Å². The first kappa shape index (κ1) is 31.2. The van der Waals surface area contributed by atoms with E-state index in [1.54, 1.807) is 0 Å². The number of nitrogens with two attached hydrogens (primary N) is 1. The minimum atomic E-state index is -0.942. The Morgan fingerprint density at radius 2 is 1.82 bits per heavy atom. The molecule has 2 aromatic carbocycles. The summed E-state index contributed by atoms with van der Waals surface area (Å²) in [5, 5.41) is 24.6. The zero-order valence-corrected chi connectivity index (χ0v) is 26.9. The third kappa shape index (κ3) is 6.04. The summed E-state index contributed by atoms with van der Waals surface area (Å²) >= 11 is 1.53. The third-order valence-electron chi connectivity index (χ3n) is 11.0. The molecule has 1 amide bonds. The lowest BCUT2D eigenvalue weighted by atomic mass is 9.64. The second-order valence-electron chi connectivity index (χ2n) is 13.9. The molecule has 2 bridgehead atoms. The van der Waals surface area contributed by atoms with Gasteiger partial charge >= 0.3 is 0 Å².